The van der Waals surface area contributed by atoms with Gasteiger partial charge >= 0.3 is 0 Å². The van der Waals surface area contributed by atoms with E-state index < -0.39 is 0 Å². The van der Waals surface area contributed by atoms with Crippen molar-refractivity contribution in [1.82, 2.24) is 4.90 Å². The Morgan fingerprint density at radius 2 is 1.62 bits per heavy atom. The predicted molar refractivity (Wildman–Crippen MR) is 138 cm³/mol. The van der Waals surface area contributed by atoms with Gasteiger partial charge in [-0.2, -0.15) is 0 Å². The molecule has 160 valence electrons. The number of fused-ring (bicyclic) bond motifs is 1. The third-order valence-electron chi connectivity index (χ3n) is 5.31. The van der Waals surface area contributed by atoms with E-state index in [2.05, 4.69) is 45.1 Å². The number of halogens is 1. The van der Waals surface area contributed by atoms with Gasteiger partial charge in [0.25, 0.3) is 5.91 Å². The number of anilines is 1. The van der Waals surface area contributed by atoms with Gasteiger partial charge in [0, 0.05) is 23.0 Å². The highest BCUT2D eigenvalue weighted by Gasteiger charge is 2.38. The molecular weight excluding hydrogens is 502 g/mol. The van der Waals surface area contributed by atoms with E-state index >= 15 is 0 Å². The molecule has 1 amide bonds. The second-order valence-corrected chi connectivity index (χ2v) is 10.4. The van der Waals surface area contributed by atoms with Crippen LogP contribution in [0.5, 0.6) is 0 Å². The second-order valence-electron chi connectivity index (χ2n) is 7.43. The fourth-order valence-electron chi connectivity index (χ4n) is 3.63. The zero-order valence-corrected chi connectivity index (χ0v) is 20.6. The summed E-state index contributed by atoms with van der Waals surface area (Å²) in [5.41, 5.74) is 3.16. The maximum Gasteiger partial charge on any atom is 0.269 e. The van der Waals surface area contributed by atoms with Crippen LogP contribution in [-0.2, 0) is 11.2 Å². The van der Waals surface area contributed by atoms with E-state index in [4.69, 9.17) is 4.99 Å². The summed E-state index contributed by atoms with van der Waals surface area (Å²) >= 11 is 6.58. The van der Waals surface area contributed by atoms with Crippen LogP contribution in [0.3, 0.4) is 0 Å². The molecule has 3 aromatic rings. The maximum absolute atomic E-state index is 13.6. The van der Waals surface area contributed by atoms with Gasteiger partial charge in [-0.3, -0.25) is 9.69 Å². The predicted octanol–water partition coefficient (Wildman–Crippen LogP) is 6.67. The molecule has 0 bridgehead atoms. The number of aliphatic imine (C=N–C) groups is 1. The summed E-state index contributed by atoms with van der Waals surface area (Å²) in [5, 5.41) is 1.69. The Balaban J connectivity index is 1.49. The summed E-state index contributed by atoms with van der Waals surface area (Å²) in [4.78, 5) is 24.3. The molecule has 0 aromatic heterocycles. The molecule has 0 radical (unpaired) electrons. The fraction of sp³-hybridized carbons (Fsp3) is 0.120. The highest BCUT2D eigenvalue weighted by atomic mass is 79.9. The first kappa shape index (κ1) is 21.4. The zero-order valence-electron chi connectivity index (χ0n) is 17.4. The number of carbonyl (C=O) groups is 1. The SMILES string of the molecule is CN1/C(=C2/SC(=Nc3ccc(Br)cc3)N(CCc3ccccc3)C2=O)Sc2ccccc21. The number of para-hydroxylation sites is 1. The first-order valence-electron chi connectivity index (χ1n) is 10.2. The van der Waals surface area contributed by atoms with Crippen molar-refractivity contribution in [3.8, 4) is 0 Å². The minimum absolute atomic E-state index is 0.0175. The topological polar surface area (TPSA) is 35.9 Å². The molecule has 0 saturated carbocycles. The fourth-order valence-corrected chi connectivity index (χ4v) is 6.26. The standard InChI is InChI=1S/C25H20BrN3OS2/c1-28-20-9-5-6-10-21(20)31-24(28)22-23(30)29(16-15-17-7-3-2-4-8-17)25(32-22)27-19-13-11-18(26)12-14-19/h2-14H,15-16H2,1H3/b24-22-,27-25?. The Hall–Kier alpha value is -2.48. The van der Waals surface area contributed by atoms with E-state index in [-0.39, 0.29) is 5.91 Å². The molecule has 0 N–H and O–H groups in total. The molecule has 0 unspecified atom stereocenters. The van der Waals surface area contributed by atoms with Gasteiger partial charge in [-0.05, 0) is 60.1 Å². The molecular formula is C25H20BrN3OS2. The molecule has 1 saturated heterocycles. The molecule has 32 heavy (non-hydrogen) atoms. The van der Waals surface area contributed by atoms with Crippen LogP contribution in [0.2, 0.25) is 0 Å². The summed E-state index contributed by atoms with van der Waals surface area (Å²) in [7, 11) is 2.02. The van der Waals surface area contributed by atoms with Gasteiger partial charge in [0.1, 0.15) is 4.91 Å². The van der Waals surface area contributed by atoms with Crippen LogP contribution >= 0.6 is 39.5 Å². The number of nitrogens with zero attached hydrogens (tertiary/aromatic N) is 3. The van der Waals surface area contributed by atoms with E-state index in [0.717, 1.165) is 37.4 Å². The average molecular weight is 522 g/mol. The highest BCUT2D eigenvalue weighted by molar-refractivity contribution is 9.10. The number of benzene rings is 3. The minimum Gasteiger partial charge on any atom is -0.337 e. The summed E-state index contributed by atoms with van der Waals surface area (Å²) in [6, 6.07) is 26.3. The second kappa shape index (κ2) is 9.17. The van der Waals surface area contributed by atoms with Gasteiger partial charge < -0.3 is 4.90 Å². The van der Waals surface area contributed by atoms with Gasteiger partial charge in [0.05, 0.1) is 16.4 Å². The molecule has 2 aliphatic rings. The Labute approximate surface area is 204 Å². The summed E-state index contributed by atoms with van der Waals surface area (Å²) in [5.74, 6) is 0.0175. The molecule has 1 fully saturated rings. The van der Waals surface area contributed by atoms with Gasteiger partial charge in [-0.15, -0.1) is 0 Å². The van der Waals surface area contributed by atoms with Crippen LogP contribution in [0, 0.1) is 0 Å². The van der Waals surface area contributed by atoms with Crippen LogP contribution in [0.15, 0.2) is 103 Å². The Bertz CT molecular complexity index is 1230. The van der Waals surface area contributed by atoms with E-state index in [1.807, 2.05) is 66.5 Å². The molecule has 0 aliphatic carbocycles. The normalized spacial score (nSPS) is 19.2. The number of hydrogen-bond acceptors (Lipinski definition) is 5. The summed E-state index contributed by atoms with van der Waals surface area (Å²) in [6.07, 6.45) is 0.776. The van der Waals surface area contributed by atoms with Crippen LogP contribution in [0.1, 0.15) is 5.56 Å². The molecule has 0 atom stereocenters. The number of amidine groups is 1. The number of hydrogen-bond donors (Lipinski definition) is 0. The van der Waals surface area contributed by atoms with Gasteiger partial charge in [-0.1, -0.05) is 70.2 Å². The molecule has 4 nitrogen and oxygen atoms in total. The molecule has 0 spiro atoms. The van der Waals surface area contributed by atoms with Gasteiger partial charge in [-0.25, -0.2) is 4.99 Å². The zero-order chi connectivity index (χ0) is 22.1. The van der Waals surface area contributed by atoms with Crippen LogP contribution in [-0.4, -0.2) is 29.6 Å². The van der Waals surface area contributed by atoms with E-state index in [1.165, 1.54) is 22.2 Å². The number of amides is 1. The molecule has 7 heteroatoms. The smallest absolute Gasteiger partial charge is 0.269 e. The monoisotopic (exact) mass is 521 g/mol. The van der Waals surface area contributed by atoms with E-state index in [0.29, 0.717) is 6.54 Å². The van der Waals surface area contributed by atoms with Crippen molar-refractivity contribution in [3.63, 3.8) is 0 Å². The van der Waals surface area contributed by atoms with Crippen molar-refractivity contribution in [2.24, 2.45) is 4.99 Å². The molecule has 2 aliphatic heterocycles. The third kappa shape index (κ3) is 4.25. The van der Waals surface area contributed by atoms with Crippen LogP contribution in [0.4, 0.5) is 11.4 Å². The first-order valence-corrected chi connectivity index (χ1v) is 12.7. The largest absolute Gasteiger partial charge is 0.337 e. The van der Waals surface area contributed by atoms with Gasteiger partial charge in [0.15, 0.2) is 5.17 Å². The van der Waals surface area contributed by atoms with Crippen molar-refractivity contribution in [3.05, 3.63) is 98.8 Å². The lowest BCUT2D eigenvalue weighted by molar-refractivity contribution is -0.122. The quantitative estimate of drug-likeness (QED) is 0.359. The van der Waals surface area contributed by atoms with Crippen molar-refractivity contribution < 1.29 is 4.79 Å². The van der Waals surface area contributed by atoms with Crippen LogP contribution < -0.4 is 4.90 Å². The van der Waals surface area contributed by atoms with Crippen molar-refractivity contribution in [1.29, 1.82) is 0 Å². The molecule has 5 rings (SSSR count). The first-order chi connectivity index (χ1) is 15.6. The van der Waals surface area contributed by atoms with Crippen molar-refractivity contribution in [2.45, 2.75) is 11.3 Å². The van der Waals surface area contributed by atoms with Crippen molar-refractivity contribution in [2.75, 3.05) is 18.5 Å². The summed E-state index contributed by atoms with van der Waals surface area (Å²) in [6.45, 7) is 0.587. The number of thioether (sulfide) groups is 2. The van der Waals surface area contributed by atoms with E-state index in [9.17, 15) is 4.79 Å². The van der Waals surface area contributed by atoms with E-state index in [1.54, 1.807) is 11.8 Å². The lowest BCUT2D eigenvalue weighted by Crippen LogP contribution is -2.31. The highest BCUT2D eigenvalue weighted by Crippen LogP contribution is 2.50. The van der Waals surface area contributed by atoms with Crippen molar-refractivity contribution >= 4 is 61.9 Å². The number of rotatable bonds is 4. The molecule has 3 aromatic carbocycles. The Morgan fingerprint density at radius 3 is 2.38 bits per heavy atom. The minimum atomic E-state index is 0.0175. The lowest BCUT2D eigenvalue weighted by atomic mass is 10.1. The number of carbonyl (C=O) groups excluding carboxylic acids is 1. The summed E-state index contributed by atoms with van der Waals surface area (Å²) < 4.78 is 1.00. The Kier molecular flexibility index (Phi) is 6.13. The van der Waals surface area contributed by atoms with Crippen LogP contribution in [0.25, 0.3) is 0 Å². The molecule has 2 heterocycles. The third-order valence-corrected chi connectivity index (χ3v) is 8.27. The lowest BCUT2D eigenvalue weighted by Gasteiger charge is -2.16. The van der Waals surface area contributed by atoms with Gasteiger partial charge in [0.2, 0.25) is 0 Å². The Morgan fingerprint density at radius 1 is 0.906 bits per heavy atom. The average Bonchev–Trinajstić information content (AvgIpc) is 3.31. The maximum atomic E-state index is 13.6.